The van der Waals surface area contributed by atoms with Gasteiger partial charge in [0.1, 0.15) is 19.0 Å². The number of oxazole rings is 1. The van der Waals surface area contributed by atoms with Gasteiger partial charge in [0.05, 0.1) is 11.8 Å². The zero-order valence-corrected chi connectivity index (χ0v) is 15.1. The normalized spacial score (nSPS) is 10.5. The second-order valence-electron chi connectivity index (χ2n) is 6.02. The standard InChI is InChI=1S/C21H19FN2O4/c22-17-9-5-4-8-16(17)18-12-24-20(28-18)11-10-19(25)23-13-21(26)27-14-15-6-2-1-3-7-15/h1-9,12H,10-11,13-14H2,(H,23,25). The molecule has 0 aliphatic heterocycles. The lowest BCUT2D eigenvalue weighted by Crippen LogP contribution is -2.30. The summed E-state index contributed by atoms with van der Waals surface area (Å²) in [4.78, 5) is 27.6. The molecule has 1 heterocycles. The molecule has 0 saturated carbocycles. The van der Waals surface area contributed by atoms with Crippen LogP contribution in [-0.4, -0.2) is 23.4 Å². The van der Waals surface area contributed by atoms with Crippen LogP contribution in [0.15, 0.2) is 65.2 Å². The Morgan fingerprint density at radius 2 is 1.82 bits per heavy atom. The van der Waals surface area contributed by atoms with Crippen molar-refractivity contribution in [2.75, 3.05) is 6.54 Å². The number of amides is 1. The number of carbonyl (C=O) groups excluding carboxylic acids is 2. The number of aromatic nitrogens is 1. The third-order valence-corrected chi connectivity index (χ3v) is 3.93. The summed E-state index contributed by atoms with van der Waals surface area (Å²) in [6.45, 7) is -0.0532. The van der Waals surface area contributed by atoms with Gasteiger partial charge in [0.2, 0.25) is 5.91 Å². The Hall–Kier alpha value is -3.48. The second-order valence-corrected chi connectivity index (χ2v) is 6.02. The van der Waals surface area contributed by atoms with Gasteiger partial charge in [-0.3, -0.25) is 9.59 Å². The van der Waals surface area contributed by atoms with Crippen molar-refractivity contribution in [1.29, 1.82) is 0 Å². The molecule has 7 heteroatoms. The molecule has 1 N–H and O–H groups in total. The third-order valence-electron chi connectivity index (χ3n) is 3.93. The van der Waals surface area contributed by atoms with E-state index in [1.165, 1.54) is 12.3 Å². The topological polar surface area (TPSA) is 81.4 Å². The average Bonchev–Trinajstić information content (AvgIpc) is 3.19. The fourth-order valence-corrected chi connectivity index (χ4v) is 2.48. The minimum absolute atomic E-state index is 0.0865. The smallest absolute Gasteiger partial charge is 0.325 e. The molecule has 0 bridgehead atoms. The summed E-state index contributed by atoms with van der Waals surface area (Å²) >= 11 is 0. The lowest BCUT2D eigenvalue weighted by atomic mass is 10.2. The van der Waals surface area contributed by atoms with Crippen LogP contribution in [0.25, 0.3) is 11.3 Å². The van der Waals surface area contributed by atoms with E-state index in [1.807, 2.05) is 30.3 Å². The number of benzene rings is 2. The Bertz CT molecular complexity index is 940. The van der Waals surface area contributed by atoms with E-state index in [4.69, 9.17) is 9.15 Å². The molecule has 0 aliphatic carbocycles. The number of esters is 1. The highest BCUT2D eigenvalue weighted by Crippen LogP contribution is 2.23. The molecule has 28 heavy (non-hydrogen) atoms. The fourth-order valence-electron chi connectivity index (χ4n) is 2.48. The van der Waals surface area contributed by atoms with Gasteiger partial charge in [0.25, 0.3) is 0 Å². The highest BCUT2D eigenvalue weighted by atomic mass is 19.1. The molecule has 6 nitrogen and oxygen atoms in total. The van der Waals surface area contributed by atoms with E-state index in [2.05, 4.69) is 10.3 Å². The number of nitrogens with zero attached hydrogens (tertiary/aromatic N) is 1. The maximum Gasteiger partial charge on any atom is 0.325 e. The fraction of sp³-hybridized carbons (Fsp3) is 0.190. The molecule has 0 fully saturated rings. The van der Waals surface area contributed by atoms with Gasteiger partial charge in [-0.15, -0.1) is 0 Å². The van der Waals surface area contributed by atoms with Crippen LogP contribution in [0.1, 0.15) is 17.9 Å². The number of ether oxygens (including phenoxy) is 1. The number of hydrogen-bond donors (Lipinski definition) is 1. The van der Waals surface area contributed by atoms with Crippen molar-refractivity contribution in [3.63, 3.8) is 0 Å². The minimum Gasteiger partial charge on any atom is -0.460 e. The van der Waals surface area contributed by atoms with E-state index in [9.17, 15) is 14.0 Å². The largest absolute Gasteiger partial charge is 0.460 e. The van der Waals surface area contributed by atoms with Gasteiger partial charge in [-0.1, -0.05) is 42.5 Å². The minimum atomic E-state index is -0.518. The first-order chi connectivity index (χ1) is 13.6. The van der Waals surface area contributed by atoms with Crippen molar-refractivity contribution in [2.45, 2.75) is 19.4 Å². The van der Waals surface area contributed by atoms with Crippen LogP contribution in [0, 0.1) is 5.82 Å². The van der Waals surface area contributed by atoms with Gasteiger partial charge >= 0.3 is 5.97 Å². The summed E-state index contributed by atoms with van der Waals surface area (Å²) in [5, 5.41) is 2.49. The van der Waals surface area contributed by atoms with Crippen molar-refractivity contribution in [3.8, 4) is 11.3 Å². The quantitative estimate of drug-likeness (QED) is 0.605. The van der Waals surface area contributed by atoms with Crippen LogP contribution in [-0.2, 0) is 27.4 Å². The Morgan fingerprint density at radius 3 is 2.61 bits per heavy atom. The Morgan fingerprint density at radius 1 is 1.07 bits per heavy atom. The Labute approximate surface area is 161 Å². The maximum absolute atomic E-state index is 13.8. The van der Waals surface area contributed by atoms with Crippen LogP contribution in [0.4, 0.5) is 4.39 Å². The second kappa shape index (κ2) is 9.45. The summed E-state index contributed by atoms with van der Waals surface area (Å²) in [5.41, 5.74) is 1.18. The Balaban J connectivity index is 1.40. The van der Waals surface area contributed by atoms with Gasteiger partial charge < -0.3 is 14.5 Å². The number of aryl methyl sites for hydroxylation is 1. The van der Waals surface area contributed by atoms with Crippen molar-refractivity contribution in [2.24, 2.45) is 0 Å². The predicted molar refractivity (Wildman–Crippen MR) is 99.5 cm³/mol. The first-order valence-electron chi connectivity index (χ1n) is 8.77. The summed E-state index contributed by atoms with van der Waals surface area (Å²) in [6, 6.07) is 15.5. The van der Waals surface area contributed by atoms with Gasteiger partial charge in [-0.25, -0.2) is 9.37 Å². The van der Waals surface area contributed by atoms with Crippen LogP contribution in [0.3, 0.4) is 0 Å². The Kier molecular flexibility index (Phi) is 6.51. The zero-order valence-electron chi connectivity index (χ0n) is 15.1. The summed E-state index contributed by atoms with van der Waals surface area (Å²) in [5.74, 6) is -0.632. The molecule has 144 valence electrons. The number of nitrogens with one attached hydrogen (secondary N) is 1. The molecule has 1 amide bonds. The van der Waals surface area contributed by atoms with E-state index in [1.54, 1.807) is 18.2 Å². The van der Waals surface area contributed by atoms with Crippen molar-refractivity contribution in [3.05, 3.63) is 78.1 Å². The molecule has 3 aromatic rings. The van der Waals surface area contributed by atoms with E-state index < -0.39 is 11.8 Å². The predicted octanol–water partition coefficient (Wildman–Crippen LogP) is 3.27. The van der Waals surface area contributed by atoms with Gasteiger partial charge in [0, 0.05) is 12.8 Å². The average molecular weight is 382 g/mol. The molecule has 0 aliphatic rings. The molecule has 0 radical (unpaired) electrons. The molecule has 0 saturated heterocycles. The van der Waals surface area contributed by atoms with Gasteiger partial charge in [0.15, 0.2) is 11.7 Å². The van der Waals surface area contributed by atoms with Gasteiger partial charge in [-0.2, -0.15) is 0 Å². The van der Waals surface area contributed by atoms with Crippen LogP contribution >= 0.6 is 0 Å². The van der Waals surface area contributed by atoms with E-state index >= 15 is 0 Å². The molecule has 0 atom stereocenters. The highest BCUT2D eigenvalue weighted by molar-refractivity contribution is 5.81. The first kappa shape index (κ1) is 19.3. The highest BCUT2D eigenvalue weighted by Gasteiger charge is 2.12. The number of rotatable bonds is 8. The molecule has 3 rings (SSSR count). The molecule has 1 aromatic heterocycles. The number of hydrogen-bond acceptors (Lipinski definition) is 5. The third kappa shape index (κ3) is 5.51. The molecule has 2 aromatic carbocycles. The van der Waals surface area contributed by atoms with E-state index in [0.29, 0.717) is 17.2 Å². The van der Waals surface area contributed by atoms with E-state index in [-0.39, 0.29) is 31.9 Å². The van der Waals surface area contributed by atoms with E-state index in [0.717, 1.165) is 5.56 Å². The lowest BCUT2D eigenvalue weighted by Gasteiger charge is -2.06. The van der Waals surface area contributed by atoms with Crippen molar-refractivity contribution >= 4 is 11.9 Å². The monoisotopic (exact) mass is 382 g/mol. The lowest BCUT2D eigenvalue weighted by molar-refractivity contribution is -0.145. The molecular formula is C21H19FN2O4. The molecular weight excluding hydrogens is 363 g/mol. The molecule has 0 spiro atoms. The van der Waals surface area contributed by atoms with Crippen molar-refractivity contribution in [1.82, 2.24) is 10.3 Å². The maximum atomic E-state index is 13.8. The summed E-state index contributed by atoms with van der Waals surface area (Å²) in [7, 11) is 0. The van der Waals surface area contributed by atoms with Crippen LogP contribution < -0.4 is 5.32 Å². The van der Waals surface area contributed by atoms with Crippen LogP contribution in [0.2, 0.25) is 0 Å². The summed E-state index contributed by atoms with van der Waals surface area (Å²) < 4.78 is 24.3. The van der Waals surface area contributed by atoms with Crippen LogP contribution in [0.5, 0.6) is 0 Å². The summed E-state index contributed by atoms with van der Waals surface area (Å²) in [6.07, 6.45) is 1.75. The van der Waals surface area contributed by atoms with Crippen molar-refractivity contribution < 1.29 is 23.1 Å². The first-order valence-corrected chi connectivity index (χ1v) is 8.77. The molecule has 0 unspecified atom stereocenters. The van der Waals surface area contributed by atoms with Gasteiger partial charge in [-0.05, 0) is 17.7 Å². The SMILES string of the molecule is O=C(CCc1ncc(-c2ccccc2F)o1)NCC(=O)OCc1ccccc1. The number of carbonyl (C=O) groups is 2. The number of halogens is 1. The zero-order chi connectivity index (χ0) is 19.8.